The van der Waals surface area contributed by atoms with Crippen molar-refractivity contribution in [1.29, 1.82) is 0 Å². The predicted octanol–water partition coefficient (Wildman–Crippen LogP) is 0.909. The van der Waals surface area contributed by atoms with E-state index in [9.17, 15) is 14.4 Å². The van der Waals surface area contributed by atoms with Crippen LogP contribution in [0.1, 0.15) is 23.5 Å². The van der Waals surface area contributed by atoms with Gasteiger partial charge in [-0.1, -0.05) is 0 Å². The number of carbonyl (C=O) groups excluding carboxylic acids is 3. The zero-order valence-electron chi connectivity index (χ0n) is 14.4. The fourth-order valence-corrected chi connectivity index (χ4v) is 3.91. The number of nitrogens with zero attached hydrogens (tertiary/aromatic N) is 2. The van der Waals surface area contributed by atoms with Gasteiger partial charge >= 0.3 is 0 Å². The number of hydrogen-bond acceptors (Lipinski definition) is 5. The number of carbonyl (C=O) groups is 3. The van der Waals surface area contributed by atoms with Crippen molar-refractivity contribution < 1.29 is 14.4 Å². The van der Waals surface area contributed by atoms with E-state index in [0.717, 1.165) is 3.79 Å². The van der Waals surface area contributed by atoms with Crippen molar-refractivity contribution in [1.82, 2.24) is 20.4 Å². The van der Waals surface area contributed by atoms with Gasteiger partial charge in [-0.05, 0) is 41.9 Å². The summed E-state index contributed by atoms with van der Waals surface area (Å²) in [5.74, 6) is -0.335. The number of nitrogens with one attached hydrogen (secondary N) is 2. The van der Waals surface area contributed by atoms with E-state index in [4.69, 9.17) is 0 Å². The molecule has 1 aromatic heterocycles. The Kier molecular flexibility index (Phi) is 7.39. The second-order valence-electron chi connectivity index (χ2n) is 5.85. The molecule has 9 heteroatoms. The summed E-state index contributed by atoms with van der Waals surface area (Å²) in [7, 11) is 0. The molecule has 1 saturated heterocycles. The quantitative estimate of drug-likeness (QED) is 0.702. The molecule has 3 amide bonds. The van der Waals surface area contributed by atoms with Gasteiger partial charge in [-0.2, -0.15) is 0 Å². The van der Waals surface area contributed by atoms with Crippen LogP contribution in [0.4, 0.5) is 0 Å². The van der Waals surface area contributed by atoms with E-state index in [2.05, 4.69) is 26.6 Å². The van der Waals surface area contributed by atoms with Crippen molar-refractivity contribution in [3.8, 4) is 0 Å². The van der Waals surface area contributed by atoms with E-state index in [1.807, 2.05) is 11.8 Å². The van der Waals surface area contributed by atoms with Crippen LogP contribution < -0.4 is 10.6 Å². The van der Waals surface area contributed by atoms with Crippen LogP contribution in [0.25, 0.3) is 0 Å². The SMILES string of the molecule is CCNC(=O)CN1CCN(C(=O)C(C)NC(=O)c2ccc(Br)s2)CC1. The van der Waals surface area contributed by atoms with E-state index in [1.54, 1.807) is 24.0 Å². The number of thiophene rings is 1. The smallest absolute Gasteiger partial charge is 0.262 e. The number of halogens is 1. The number of piperazine rings is 1. The van der Waals surface area contributed by atoms with Crippen molar-refractivity contribution in [2.24, 2.45) is 0 Å². The Morgan fingerprint density at radius 2 is 1.92 bits per heavy atom. The molecule has 2 N–H and O–H groups in total. The molecule has 2 heterocycles. The Hall–Kier alpha value is -1.45. The fraction of sp³-hybridized carbons (Fsp3) is 0.562. The van der Waals surface area contributed by atoms with Crippen molar-refractivity contribution in [2.75, 3.05) is 39.3 Å². The highest BCUT2D eigenvalue weighted by Gasteiger charge is 2.26. The molecule has 7 nitrogen and oxygen atoms in total. The summed E-state index contributed by atoms with van der Waals surface area (Å²) in [6.45, 7) is 6.99. The van der Waals surface area contributed by atoms with E-state index >= 15 is 0 Å². The first-order valence-electron chi connectivity index (χ1n) is 8.24. The van der Waals surface area contributed by atoms with Crippen molar-refractivity contribution in [2.45, 2.75) is 19.9 Å². The molecule has 1 fully saturated rings. The summed E-state index contributed by atoms with van der Waals surface area (Å²) in [5, 5.41) is 5.52. The molecular weight excluding hydrogens is 408 g/mol. The average Bonchev–Trinajstić information content (AvgIpc) is 3.01. The lowest BCUT2D eigenvalue weighted by Gasteiger charge is -2.35. The molecule has 138 valence electrons. The Labute approximate surface area is 159 Å². The van der Waals surface area contributed by atoms with E-state index in [-0.39, 0.29) is 17.7 Å². The Balaban J connectivity index is 1.79. The molecule has 1 aliphatic heterocycles. The molecule has 0 aromatic carbocycles. The molecule has 1 aromatic rings. The summed E-state index contributed by atoms with van der Waals surface area (Å²) in [6, 6.07) is 2.95. The van der Waals surface area contributed by atoms with Gasteiger partial charge in [0, 0.05) is 32.7 Å². The molecule has 1 atom stereocenters. The van der Waals surface area contributed by atoms with Gasteiger partial charge in [-0.25, -0.2) is 0 Å². The Morgan fingerprint density at radius 1 is 1.24 bits per heavy atom. The third-order valence-corrected chi connectivity index (χ3v) is 5.56. The molecule has 0 radical (unpaired) electrons. The van der Waals surface area contributed by atoms with E-state index < -0.39 is 6.04 Å². The van der Waals surface area contributed by atoms with Crippen LogP contribution in [0.5, 0.6) is 0 Å². The van der Waals surface area contributed by atoms with Gasteiger partial charge < -0.3 is 15.5 Å². The lowest BCUT2D eigenvalue weighted by Crippen LogP contribution is -2.55. The molecule has 0 spiro atoms. The van der Waals surface area contributed by atoms with Gasteiger partial charge in [0.2, 0.25) is 11.8 Å². The lowest BCUT2D eigenvalue weighted by molar-refractivity contribution is -0.134. The summed E-state index contributed by atoms with van der Waals surface area (Å²) in [5.41, 5.74) is 0. The predicted molar refractivity (Wildman–Crippen MR) is 101 cm³/mol. The molecule has 0 aliphatic carbocycles. The highest BCUT2D eigenvalue weighted by Crippen LogP contribution is 2.22. The average molecular weight is 431 g/mol. The zero-order valence-corrected chi connectivity index (χ0v) is 16.8. The highest BCUT2D eigenvalue weighted by atomic mass is 79.9. The highest BCUT2D eigenvalue weighted by molar-refractivity contribution is 9.11. The molecule has 0 saturated carbocycles. The summed E-state index contributed by atoms with van der Waals surface area (Å²) in [4.78, 5) is 40.6. The van der Waals surface area contributed by atoms with Gasteiger partial charge in [-0.15, -0.1) is 11.3 Å². The molecule has 25 heavy (non-hydrogen) atoms. The zero-order chi connectivity index (χ0) is 18.4. The van der Waals surface area contributed by atoms with Gasteiger partial charge in [0.05, 0.1) is 15.2 Å². The van der Waals surface area contributed by atoms with Gasteiger partial charge in [-0.3, -0.25) is 19.3 Å². The second kappa shape index (κ2) is 9.30. The minimum Gasteiger partial charge on any atom is -0.355 e. The maximum absolute atomic E-state index is 12.5. The Bertz CT molecular complexity index is 629. The van der Waals surface area contributed by atoms with E-state index in [1.165, 1.54) is 11.3 Å². The van der Waals surface area contributed by atoms with Crippen LogP contribution in [-0.2, 0) is 9.59 Å². The first kappa shape index (κ1) is 19.9. The molecule has 1 aliphatic rings. The minimum atomic E-state index is -0.580. The molecule has 0 bridgehead atoms. The minimum absolute atomic E-state index is 0.00464. The number of amides is 3. The monoisotopic (exact) mass is 430 g/mol. The van der Waals surface area contributed by atoms with Gasteiger partial charge in [0.1, 0.15) is 6.04 Å². The summed E-state index contributed by atoms with van der Waals surface area (Å²) in [6.07, 6.45) is 0. The van der Waals surface area contributed by atoms with Crippen LogP contribution in [0.2, 0.25) is 0 Å². The topological polar surface area (TPSA) is 81.8 Å². The standard InChI is InChI=1S/C16H23BrN4O3S/c1-3-18-14(22)10-20-6-8-21(9-7-20)16(24)11(2)19-15(23)12-4-5-13(17)25-12/h4-5,11H,3,6-10H2,1-2H3,(H,18,22)(H,19,23). The first-order chi connectivity index (χ1) is 11.9. The van der Waals surface area contributed by atoms with Crippen molar-refractivity contribution >= 4 is 45.0 Å². The summed E-state index contributed by atoms with van der Waals surface area (Å²) < 4.78 is 0.875. The maximum Gasteiger partial charge on any atom is 0.262 e. The normalized spacial score (nSPS) is 16.4. The van der Waals surface area contributed by atoms with Crippen molar-refractivity contribution in [3.63, 3.8) is 0 Å². The second-order valence-corrected chi connectivity index (χ2v) is 8.32. The number of hydrogen-bond donors (Lipinski definition) is 2. The number of rotatable bonds is 6. The van der Waals surface area contributed by atoms with Crippen molar-refractivity contribution in [3.05, 3.63) is 20.8 Å². The van der Waals surface area contributed by atoms with Crippen LogP contribution in [-0.4, -0.2) is 72.8 Å². The third kappa shape index (κ3) is 5.79. The Morgan fingerprint density at radius 3 is 2.48 bits per heavy atom. The molecular formula is C16H23BrN4O3S. The molecule has 2 rings (SSSR count). The van der Waals surface area contributed by atoms with Gasteiger partial charge in [0.25, 0.3) is 5.91 Å². The van der Waals surface area contributed by atoms with Crippen LogP contribution in [0.3, 0.4) is 0 Å². The lowest BCUT2D eigenvalue weighted by atomic mass is 10.2. The first-order valence-corrected chi connectivity index (χ1v) is 9.85. The fourth-order valence-electron chi connectivity index (χ4n) is 2.62. The third-order valence-electron chi connectivity index (χ3n) is 3.94. The van der Waals surface area contributed by atoms with Crippen LogP contribution in [0.15, 0.2) is 15.9 Å². The van der Waals surface area contributed by atoms with E-state index in [0.29, 0.717) is 44.1 Å². The largest absolute Gasteiger partial charge is 0.355 e. The number of likely N-dealkylation sites (N-methyl/N-ethyl adjacent to an activating group) is 1. The molecule has 1 unspecified atom stereocenters. The van der Waals surface area contributed by atoms with Crippen LogP contribution in [0, 0.1) is 0 Å². The van der Waals surface area contributed by atoms with Gasteiger partial charge in [0.15, 0.2) is 0 Å². The van der Waals surface area contributed by atoms with Crippen LogP contribution >= 0.6 is 27.3 Å². The maximum atomic E-state index is 12.5. The summed E-state index contributed by atoms with van der Waals surface area (Å²) >= 11 is 4.65.